The van der Waals surface area contributed by atoms with Crippen LogP contribution in [0.15, 0.2) is 18.2 Å². The van der Waals surface area contributed by atoms with Crippen LogP contribution >= 0.6 is 0 Å². The van der Waals surface area contributed by atoms with Crippen LogP contribution in [0, 0.1) is 0 Å². The van der Waals surface area contributed by atoms with Crippen molar-refractivity contribution in [1.82, 2.24) is 5.32 Å². The van der Waals surface area contributed by atoms with E-state index in [0.717, 1.165) is 24.6 Å². The highest BCUT2D eigenvalue weighted by Gasteiger charge is 2.23. The second-order valence-electron chi connectivity index (χ2n) is 5.59. The molecule has 2 N–H and O–H groups in total. The molecule has 18 heavy (non-hydrogen) atoms. The first-order valence-corrected chi connectivity index (χ1v) is 6.88. The number of benzene rings is 1. The van der Waals surface area contributed by atoms with E-state index in [-0.39, 0.29) is 5.91 Å². The fraction of sp³-hybridized carbons (Fsp3) is 0.533. The number of fused-ring (bicyclic) bond motifs is 1. The summed E-state index contributed by atoms with van der Waals surface area (Å²) in [4.78, 5) is 11.3. The van der Waals surface area contributed by atoms with Gasteiger partial charge in [0.15, 0.2) is 0 Å². The van der Waals surface area contributed by atoms with Crippen molar-refractivity contribution < 1.29 is 4.79 Å². The van der Waals surface area contributed by atoms with Crippen LogP contribution in [-0.4, -0.2) is 18.0 Å². The van der Waals surface area contributed by atoms with Crippen LogP contribution < -0.4 is 10.6 Å². The molecule has 0 bridgehead atoms. The topological polar surface area (TPSA) is 41.1 Å². The molecule has 1 aromatic rings. The molecule has 1 aromatic carbocycles. The van der Waals surface area contributed by atoms with E-state index in [1.807, 2.05) is 6.07 Å². The van der Waals surface area contributed by atoms with Crippen LogP contribution in [-0.2, 0) is 17.6 Å². The van der Waals surface area contributed by atoms with E-state index in [4.69, 9.17) is 0 Å². The lowest BCUT2D eigenvalue weighted by atomic mass is 9.97. The Morgan fingerprint density at radius 3 is 3.00 bits per heavy atom. The molecule has 3 nitrogen and oxygen atoms in total. The summed E-state index contributed by atoms with van der Waals surface area (Å²) in [6, 6.07) is 7.73. The standard InChI is InChI=1S/C15H20N2O/c1-10(16-13-4-5-13)8-11-2-6-14-12(9-11)3-7-15(18)17-14/h2,6,9-10,13,16H,3-5,7-8H2,1H3,(H,17,18). The van der Waals surface area contributed by atoms with Crippen molar-refractivity contribution in [3.05, 3.63) is 29.3 Å². The molecule has 1 aliphatic heterocycles. The van der Waals surface area contributed by atoms with Gasteiger partial charge in [0, 0.05) is 24.2 Å². The van der Waals surface area contributed by atoms with Gasteiger partial charge in [-0.05, 0) is 49.8 Å². The minimum Gasteiger partial charge on any atom is -0.326 e. The van der Waals surface area contributed by atoms with Gasteiger partial charge in [-0.2, -0.15) is 0 Å². The van der Waals surface area contributed by atoms with Gasteiger partial charge < -0.3 is 10.6 Å². The van der Waals surface area contributed by atoms with Crippen LogP contribution in [0.4, 0.5) is 5.69 Å². The highest BCUT2D eigenvalue weighted by Crippen LogP contribution is 2.25. The van der Waals surface area contributed by atoms with E-state index in [0.29, 0.717) is 12.5 Å². The van der Waals surface area contributed by atoms with Gasteiger partial charge >= 0.3 is 0 Å². The largest absolute Gasteiger partial charge is 0.326 e. The fourth-order valence-electron chi connectivity index (χ4n) is 2.63. The van der Waals surface area contributed by atoms with Gasteiger partial charge in [-0.1, -0.05) is 12.1 Å². The van der Waals surface area contributed by atoms with Gasteiger partial charge in [0.25, 0.3) is 0 Å². The normalized spacial score (nSPS) is 20.2. The van der Waals surface area contributed by atoms with Gasteiger partial charge in [0.2, 0.25) is 5.91 Å². The molecule has 1 amide bonds. The maximum atomic E-state index is 11.3. The molecule has 1 saturated carbocycles. The van der Waals surface area contributed by atoms with Crippen molar-refractivity contribution in [2.75, 3.05) is 5.32 Å². The fourth-order valence-corrected chi connectivity index (χ4v) is 2.63. The number of nitrogens with one attached hydrogen (secondary N) is 2. The maximum absolute atomic E-state index is 11.3. The summed E-state index contributed by atoms with van der Waals surface area (Å²) < 4.78 is 0. The summed E-state index contributed by atoms with van der Waals surface area (Å²) in [5.41, 5.74) is 3.65. The predicted molar refractivity (Wildman–Crippen MR) is 72.7 cm³/mol. The van der Waals surface area contributed by atoms with Crippen LogP contribution in [0.1, 0.15) is 37.3 Å². The van der Waals surface area contributed by atoms with E-state index >= 15 is 0 Å². The first kappa shape index (κ1) is 11.7. The van der Waals surface area contributed by atoms with E-state index in [2.05, 4.69) is 29.7 Å². The number of amides is 1. The molecule has 0 spiro atoms. The minimum absolute atomic E-state index is 0.138. The lowest BCUT2D eigenvalue weighted by molar-refractivity contribution is -0.116. The van der Waals surface area contributed by atoms with Crippen LogP contribution in [0.25, 0.3) is 0 Å². The smallest absolute Gasteiger partial charge is 0.224 e. The summed E-state index contributed by atoms with van der Waals surface area (Å²) in [6.07, 6.45) is 5.23. The second-order valence-corrected chi connectivity index (χ2v) is 5.59. The monoisotopic (exact) mass is 244 g/mol. The molecule has 1 unspecified atom stereocenters. The Hall–Kier alpha value is -1.35. The van der Waals surface area contributed by atoms with Crippen molar-refractivity contribution in [3.8, 4) is 0 Å². The average Bonchev–Trinajstić information content (AvgIpc) is 3.13. The number of carbonyl (C=O) groups is 1. The highest BCUT2D eigenvalue weighted by atomic mass is 16.1. The number of hydrogen-bond donors (Lipinski definition) is 2. The quantitative estimate of drug-likeness (QED) is 0.853. The summed E-state index contributed by atoms with van der Waals surface area (Å²) >= 11 is 0. The molecule has 3 heteroatoms. The zero-order chi connectivity index (χ0) is 12.5. The molecule has 2 aliphatic rings. The Balaban J connectivity index is 1.67. The second kappa shape index (κ2) is 4.73. The molecular formula is C15H20N2O. The van der Waals surface area contributed by atoms with Crippen LogP contribution in [0.3, 0.4) is 0 Å². The molecule has 0 saturated heterocycles. The molecular weight excluding hydrogens is 224 g/mol. The first-order chi connectivity index (χ1) is 8.70. The summed E-state index contributed by atoms with van der Waals surface area (Å²) in [6.45, 7) is 2.25. The molecule has 96 valence electrons. The molecule has 0 aromatic heterocycles. The Morgan fingerprint density at radius 1 is 1.39 bits per heavy atom. The third-order valence-electron chi connectivity index (χ3n) is 3.70. The Morgan fingerprint density at radius 2 is 2.22 bits per heavy atom. The lowest BCUT2D eigenvalue weighted by Gasteiger charge is -2.19. The number of carbonyl (C=O) groups excluding carboxylic acids is 1. The van der Waals surface area contributed by atoms with Crippen LogP contribution in [0.2, 0.25) is 0 Å². The van der Waals surface area contributed by atoms with Crippen molar-refractivity contribution in [2.24, 2.45) is 0 Å². The zero-order valence-electron chi connectivity index (χ0n) is 10.8. The summed E-state index contributed by atoms with van der Waals surface area (Å²) in [5.74, 6) is 0.138. The van der Waals surface area contributed by atoms with Crippen molar-refractivity contribution in [3.63, 3.8) is 0 Å². The van der Waals surface area contributed by atoms with Crippen LogP contribution in [0.5, 0.6) is 0 Å². The Labute approximate surface area is 108 Å². The van der Waals surface area contributed by atoms with Gasteiger partial charge in [-0.3, -0.25) is 4.79 Å². The molecule has 1 aliphatic carbocycles. The molecule has 3 rings (SSSR count). The van der Waals surface area contributed by atoms with Crippen molar-refractivity contribution in [2.45, 2.75) is 51.1 Å². The Kier molecular flexibility index (Phi) is 3.08. The van der Waals surface area contributed by atoms with Gasteiger partial charge in [-0.15, -0.1) is 0 Å². The van der Waals surface area contributed by atoms with E-state index in [1.54, 1.807) is 0 Å². The lowest BCUT2D eigenvalue weighted by Crippen LogP contribution is -2.30. The van der Waals surface area contributed by atoms with E-state index in [1.165, 1.54) is 24.0 Å². The zero-order valence-corrected chi connectivity index (χ0v) is 10.8. The number of rotatable bonds is 4. The van der Waals surface area contributed by atoms with E-state index in [9.17, 15) is 4.79 Å². The molecule has 1 fully saturated rings. The summed E-state index contributed by atoms with van der Waals surface area (Å²) in [5, 5.41) is 6.55. The minimum atomic E-state index is 0.138. The van der Waals surface area contributed by atoms with Gasteiger partial charge in [0.1, 0.15) is 0 Å². The highest BCUT2D eigenvalue weighted by molar-refractivity contribution is 5.93. The SMILES string of the molecule is CC(Cc1ccc2c(c1)CCC(=O)N2)NC1CC1. The van der Waals surface area contributed by atoms with Gasteiger partial charge in [0.05, 0.1) is 0 Å². The summed E-state index contributed by atoms with van der Waals surface area (Å²) in [7, 11) is 0. The average molecular weight is 244 g/mol. The van der Waals surface area contributed by atoms with Gasteiger partial charge in [-0.25, -0.2) is 0 Å². The van der Waals surface area contributed by atoms with Crippen molar-refractivity contribution >= 4 is 11.6 Å². The third-order valence-corrected chi connectivity index (χ3v) is 3.70. The molecule has 0 radical (unpaired) electrons. The number of anilines is 1. The van der Waals surface area contributed by atoms with E-state index < -0.39 is 0 Å². The third kappa shape index (κ3) is 2.72. The predicted octanol–water partition coefficient (Wildman–Crippen LogP) is 2.25. The maximum Gasteiger partial charge on any atom is 0.224 e. The number of aryl methyl sites for hydroxylation is 1. The molecule has 1 heterocycles. The molecule has 1 atom stereocenters. The first-order valence-electron chi connectivity index (χ1n) is 6.88. The van der Waals surface area contributed by atoms with Crippen molar-refractivity contribution in [1.29, 1.82) is 0 Å². The number of hydrogen-bond acceptors (Lipinski definition) is 2. The Bertz CT molecular complexity index is 466.